The number of carbonyl (C=O) groups excluding carboxylic acids is 2. The molecule has 0 amide bonds. The Balaban J connectivity index is 1.68. The van der Waals surface area contributed by atoms with Crippen LogP contribution in [0.5, 0.6) is 0 Å². The van der Waals surface area contributed by atoms with Crippen LogP contribution in [0.1, 0.15) is 46.0 Å². The number of ether oxygens (including phenoxy) is 2. The Labute approximate surface area is 170 Å². The summed E-state index contributed by atoms with van der Waals surface area (Å²) < 4.78 is 11.3. The summed E-state index contributed by atoms with van der Waals surface area (Å²) in [7, 11) is 0. The van der Waals surface area contributed by atoms with Gasteiger partial charge in [-0.15, -0.1) is 0 Å². The Morgan fingerprint density at radius 3 is 2.69 bits per heavy atom. The smallest absolute Gasteiger partial charge is 0.302 e. The van der Waals surface area contributed by atoms with E-state index in [1.54, 1.807) is 0 Å². The van der Waals surface area contributed by atoms with Crippen LogP contribution in [0.15, 0.2) is 12.2 Å². The number of fused-ring (bicyclic) bond motifs is 2. The van der Waals surface area contributed by atoms with Crippen LogP contribution in [0, 0.1) is 34.0 Å². The second kappa shape index (κ2) is 5.69. The third-order valence-electron chi connectivity index (χ3n) is 9.21. The van der Waals surface area contributed by atoms with Crippen LogP contribution >= 0.6 is 0 Å². The van der Waals surface area contributed by atoms with Crippen molar-refractivity contribution < 1.29 is 34.4 Å². The fraction of sp³-hybridized carbons (Fsp3) is 0.818. The molecule has 0 aromatic rings. The number of hydrogen-bond donors (Lipinski definition) is 3. The summed E-state index contributed by atoms with van der Waals surface area (Å²) in [4.78, 5) is 25.0. The third kappa shape index (κ3) is 1.94. The number of hydrogen-bond acceptors (Lipinski definition) is 7. The van der Waals surface area contributed by atoms with Crippen molar-refractivity contribution in [2.75, 3.05) is 13.2 Å². The molecule has 2 saturated heterocycles. The second-order valence-electron chi connectivity index (χ2n) is 10.3. The van der Waals surface area contributed by atoms with Gasteiger partial charge in [0.15, 0.2) is 5.78 Å². The van der Waals surface area contributed by atoms with Gasteiger partial charge in [0.25, 0.3) is 0 Å². The van der Waals surface area contributed by atoms with Gasteiger partial charge in [-0.05, 0) is 37.2 Å². The van der Waals surface area contributed by atoms with E-state index in [9.17, 15) is 24.9 Å². The molecule has 4 saturated carbocycles. The molecular formula is C22H30O7. The lowest BCUT2D eigenvalue weighted by atomic mass is 9.36. The Morgan fingerprint density at radius 2 is 2.00 bits per heavy atom. The Bertz CT molecular complexity index is 809. The number of ketones is 1. The summed E-state index contributed by atoms with van der Waals surface area (Å²) >= 11 is 0. The van der Waals surface area contributed by atoms with Crippen LogP contribution in [-0.2, 0) is 19.1 Å². The maximum absolute atomic E-state index is 13.5. The number of rotatable bonds is 2. The summed E-state index contributed by atoms with van der Waals surface area (Å²) in [5, 5.41) is 34.5. The van der Waals surface area contributed by atoms with Gasteiger partial charge in [-0.1, -0.05) is 19.9 Å². The highest BCUT2D eigenvalue weighted by molar-refractivity contribution is 6.05. The molecule has 7 heteroatoms. The van der Waals surface area contributed by atoms with Crippen molar-refractivity contribution in [1.29, 1.82) is 0 Å². The predicted molar refractivity (Wildman–Crippen MR) is 100 cm³/mol. The van der Waals surface area contributed by atoms with E-state index in [4.69, 9.17) is 9.47 Å². The molecule has 6 aliphatic rings. The largest absolute Gasteiger partial charge is 0.465 e. The fourth-order valence-electron chi connectivity index (χ4n) is 8.24. The summed E-state index contributed by atoms with van der Waals surface area (Å²) in [5.74, 6) is -4.02. The molecule has 29 heavy (non-hydrogen) atoms. The monoisotopic (exact) mass is 406 g/mol. The molecule has 2 aliphatic heterocycles. The summed E-state index contributed by atoms with van der Waals surface area (Å²) in [6, 6.07) is 0. The highest BCUT2D eigenvalue weighted by Gasteiger charge is 2.85. The van der Waals surface area contributed by atoms with Crippen molar-refractivity contribution >= 4 is 11.8 Å². The number of aliphatic hydroxyl groups excluding tert-OH is 2. The minimum Gasteiger partial charge on any atom is -0.465 e. The van der Waals surface area contributed by atoms with Crippen molar-refractivity contribution in [3.63, 3.8) is 0 Å². The molecule has 3 N–H and O–H groups in total. The van der Waals surface area contributed by atoms with Crippen molar-refractivity contribution in [3.05, 3.63) is 12.2 Å². The number of aliphatic hydroxyl groups is 3. The van der Waals surface area contributed by atoms with Gasteiger partial charge in [0.05, 0.1) is 19.3 Å². The first kappa shape index (κ1) is 19.7. The zero-order valence-electron chi connectivity index (χ0n) is 17.0. The molecule has 4 bridgehead atoms. The zero-order valence-corrected chi connectivity index (χ0v) is 17.0. The summed E-state index contributed by atoms with van der Waals surface area (Å²) in [6.07, 6.45) is 1.15. The average molecular weight is 406 g/mol. The van der Waals surface area contributed by atoms with Crippen molar-refractivity contribution in [2.45, 2.75) is 63.9 Å². The predicted octanol–water partition coefficient (Wildman–Crippen LogP) is 0.948. The highest BCUT2D eigenvalue weighted by Crippen LogP contribution is 2.76. The molecule has 6 rings (SSSR count). The van der Waals surface area contributed by atoms with Crippen LogP contribution in [-0.4, -0.2) is 58.3 Å². The van der Waals surface area contributed by atoms with E-state index in [-0.39, 0.29) is 30.9 Å². The van der Waals surface area contributed by atoms with Gasteiger partial charge in [0.1, 0.15) is 11.5 Å². The Morgan fingerprint density at radius 1 is 1.28 bits per heavy atom. The van der Waals surface area contributed by atoms with Gasteiger partial charge < -0.3 is 24.8 Å². The van der Waals surface area contributed by atoms with Gasteiger partial charge in [-0.25, -0.2) is 0 Å². The molecule has 9 atom stereocenters. The van der Waals surface area contributed by atoms with Crippen molar-refractivity contribution in [1.82, 2.24) is 0 Å². The molecule has 6 unspecified atom stereocenters. The molecule has 4 aliphatic carbocycles. The van der Waals surface area contributed by atoms with Gasteiger partial charge in [0, 0.05) is 29.6 Å². The van der Waals surface area contributed by atoms with Gasteiger partial charge in [0.2, 0.25) is 5.79 Å². The standard InChI is InChI=1S/C22H30O7/c1-11-13-5-6-14-20-8-4-7-19(3,9-28-12(2)23)15(20)18(26)22(27,29-10-20)21(14,16(11)24)17(13)25/h13-15,17-18,25-27H,1,4-10H2,2-3H3/t13?,14?,15-,17?,18+,19?,20?,21?,22+/m1/s1. The van der Waals surface area contributed by atoms with E-state index in [2.05, 4.69) is 6.58 Å². The highest BCUT2D eigenvalue weighted by atomic mass is 16.6. The van der Waals surface area contributed by atoms with Crippen LogP contribution in [0.25, 0.3) is 0 Å². The van der Waals surface area contributed by atoms with Crippen LogP contribution < -0.4 is 0 Å². The topological polar surface area (TPSA) is 113 Å². The van der Waals surface area contributed by atoms with Crippen molar-refractivity contribution in [3.8, 4) is 0 Å². The maximum Gasteiger partial charge on any atom is 0.302 e. The summed E-state index contributed by atoms with van der Waals surface area (Å²) in [5.41, 5.74) is -2.35. The van der Waals surface area contributed by atoms with E-state index in [1.807, 2.05) is 6.92 Å². The SMILES string of the molecule is C=C1C(=O)C23C(O)C1CCC2C12CCCC(C)(COC(C)=O)[C@H]1[C@H](O)[C@]3(O)OC2. The molecule has 6 fully saturated rings. The van der Waals surface area contributed by atoms with Crippen molar-refractivity contribution in [2.24, 2.45) is 34.0 Å². The first-order valence-electron chi connectivity index (χ1n) is 10.7. The first-order chi connectivity index (χ1) is 13.6. The van der Waals surface area contributed by atoms with E-state index < -0.39 is 46.1 Å². The first-order valence-corrected chi connectivity index (χ1v) is 10.7. The average Bonchev–Trinajstić information content (AvgIpc) is 2.77. The maximum atomic E-state index is 13.5. The van der Waals surface area contributed by atoms with Gasteiger partial charge in [-0.2, -0.15) is 0 Å². The van der Waals surface area contributed by atoms with Crippen LogP contribution in [0.4, 0.5) is 0 Å². The Hall–Kier alpha value is -1.28. The number of carbonyl (C=O) groups is 2. The van der Waals surface area contributed by atoms with Crippen LogP contribution in [0.3, 0.4) is 0 Å². The van der Waals surface area contributed by atoms with E-state index in [0.29, 0.717) is 18.4 Å². The molecule has 2 spiro atoms. The lowest BCUT2D eigenvalue weighted by Gasteiger charge is -2.74. The molecule has 160 valence electrons. The number of Topliss-reactive ketones (excluding diaryl/α,β-unsaturated/α-hetero) is 1. The summed E-state index contributed by atoms with van der Waals surface area (Å²) in [6.45, 7) is 7.63. The molecule has 0 radical (unpaired) electrons. The zero-order chi connectivity index (χ0) is 21.0. The fourth-order valence-corrected chi connectivity index (χ4v) is 8.24. The second-order valence-corrected chi connectivity index (χ2v) is 10.3. The van der Waals surface area contributed by atoms with E-state index in [1.165, 1.54) is 6.92 Å². The normalized spacial score (nSPS) is 55.4. The minimum atomic E-state index is -2.17. The van der Waals surface area contributed by atoms with Crippen LogP contribution in [0.2, 0.25) is 0 Å². The lowest BCUT2D eigenvalue weighted by Crippen LogP contribution is -2.84. The molecule has 2 heterocycles. The Kier molecular flexibility index (Phi) is 3.86. The molecule has 0 aromatic carbocycles. The lowest BCUT2D eigenvalue weighted by molar-refractivity contribution is -0.450. The number of esters is 1. The molecular weight excluding hydrogens is 376 g/mol. The van der Waals surface area contributed by atoms with Gasteiger partial charge in [-0.3, -0.25) is 9.59 Å². The minimum absolute atomic E-state index is 0.146. The molecule has 7 nitrogen and oxygen atoms in total. The van der Waals surface area contributed by atoms with E-state index >= 15 is 0 Å². The van der Waals surface area contributed by atoms with Gasteiger partial charge >= 0.3 is 5.97 Å². The van der Waals surface area contributed by atoms with E-state index in [0.717, 1.165) is 19.3 Å². The third-order valence-corrected chi connectivity index (χ3v) is 9.21. The quantitative estimate of drug-likeness (QED) is 0.462. The molecule has 0 aromatic heterocycles.